The summed E-state index contributed by atoms with van der Waals surface area (Å²) in [6, 6.07) is 0. The molecule has 0 bridgehead atoms. The van der Waals surface area contributed by atoms with Crippen molar-refractivity contribution in [2.45, 2.75) is 19.3 Å². The van der Waals surface area contributed by atoms with Crippen LogP contribution in [-0.4, -0.2) is 19.8 Å². The molecule has 2 atom stereocenters. The number of hydrogen-bond acceptors (Lipinski definition) is 1. The molecule has 0 aromatic rings. The summed E-state index contributed by atoms with van der Waals surface area (Å²) in [6.07, 6.45) is 3.61. The van der Waals surface area contributed by atoms with E-state index in [0.29, 0.717) is 5.92 Å². The van der Waals surface area contributed by atoms with Crippen LogP contribution >= 0.6 is 12.4 Å². The molecule has 1 heterocycles. The van der Waals surface area contributed by atoms with Gasteiger partial charge in [-0.3, -0.25) is 4.39 Å². The van der Waals surface area contributed by atoms with E-state index in [1.807, 2.05) is 0 Å². The Morgan fingerprint density at radius 3 is 3.00 bits per heavy atom. The summed E-state index contributed by atoms with van der Waals surface area (Å²) in [5, 5.41) is 3.28. The Kier molecular flexibility index (Phi) is 2.76. The number of rotatable bonds is 1. The van der Waals surface area contributed by atoms with Crippen molar-refractivity contribution in [3.05, 3.63) is 0 Å². The molecule has 1 aliphatic heterocycles. The van der Waals surface area contributed by atoms with Crippen LogP contribution < -0.4 is 5.32 Å². The van der Waals surface area contributed by atoms with Crippen LogP contribution in [0, 0.1) is 11.3 Å². The van der Waals surface area contributed by atoms with Crippen molar-refractivity contribution in [1.82, 2.24) is 5.32 Å². The summed E-state index contributed by atoms with van der Waals surface area (Å²) in [5.74, 6) is 0.650. The van der Waals surface area contributed by atoms with Gasteiger partial charge in [-0.15, -0.1) is 12.4 Å². The SMILES string of the molecule is Cl.FCC12CCCC1CNC2. The summed E-state index contributed by atoms with van der Waals surface area (Å²) >= 11 is 0. The lowest BCUT2D eigenvalue weighted by molar-refractivity contribution is 0.195. The number of fused-ring (bicyclic) bond motifs is 1. The normalized spacial score (nSPS) is 41.7. The van der Waals surface area contributed by atoms with Gasteiger partial charge in [0.1, 0.15) is 0 Å². The van der Waals surface area contributed by atoms with E-state index < -0.39 is 0 Å². The Balaban J connectivity index is 0.000000605. The largest absolute Gasteiger partial charge is 0.316 e. The quantitative estimate of drug-likeness (QED) is 0.647. The van der Waals surface area contributed by atoms with Crippen molar-refractivity contribution in [2.75, 3.05) is 19.8 Å². The highest BCUT2D eigenvalue weighted by Gasteiger charge is 2.45. The van der Waals surface area contributed by atoms with Crippen LogP contribution in [0.5, 0.6) is 0 Å². The van der Waals surface area contributed by atoms with Crippen LogP contribution in [0.4, 0.5) is 4.39 Å². The highest BCUT2D eigenvalue weighted by Crippen LogP contribution is 2.45. The minimum atomic E-state index is -0.106. The first-order chi connectivity index (χ1) is 4.87. The molecular formula is C8H15ClFN. The smallest absolute Gasteiger partial charge is 0.0965 e. The third-order valence-electron chi connectivity index (χ3n) is 3.23. The molecule has 0 radical (unpaired) electrons. The topological polar surface area (TPSA) is 12.0 Å². The first-order valence-corrected chi connectivity index (χ1v) is 4.14. The van der Waals surface area contributed by atoms with Gasteiger partial charge in [0.2, 0.25) is 0 Å². The molecule has 0 aromatic carbocycles. The standard InChI is InChI=1S/C8H14FN.ClH/c9-5-8-3-1-2-7(8)4-10-6-8;/h7,10H,1-6H2;1H. The van der Waals surface area contributed by atoms with Crippen molar-refractivity contribution < 1.29 is 4.39 Å². The van der Waals surface area contributed by atoms with Gasteiger partial charge >= 0.3 is 0 Å². The minimum absolute atomic E-state index is 0. The van der Waals surface area contributed by atoms with E-state index in [1.165, 1.54) is 12.8 Å². The molecule has 0 amide bonds. The molecule has 2 unspecified atom stereocenters. The fourth-order valence-corrected chi connectivity index (χ4v) is 2.48. The maximum atomic E-state index is 12.6. The van der Waals surface area contributed by atoms with Crippen LogP contribution in [-0.2, 0) is 0 Å². The zero-order chi connectivity index (χ0) is 7.03. The van der Waals surface area contributed by atoms with E-state index in [0.717, 1.165) is 19.5 Å². The van der Waals surface area contributed by atoms with Crippen LogP contribution in [0.1, 0.15) is 19.3 Å². The second kappa shape index (κ2) is 3.28. The molecule has 1 saturated heterocycles. The first kappa shape index (κ1) is 9.27. The summed E-state index contributed by atoms with van der Waals surface area (Å²) in [4.78, 5) is 0. The van der Waals surface area contributed by atoms with Gasteiger partial charge in [-0.05, 0) is 25.3 Å². The predicted molar refractivity (Wildman–Crippen MR) is 45.9 cm³/mol. The van der Waals surface area contributed by atoms with Gasteiger partial charge in [0, 0.05) is 12.0 Å². The number of alkyl halides is 1. The van der Waals surface area contributed by atoms with E-state index in [2.05, 4.69) is 5.32 Å². The van der Waals surface area contributed by atoms with E-state index in [4.69, 9.17) is 0 Å². The first-order valence-electron chi connectivity index (χ1n) is 4.14. The van der Waals surface area contributed by atoms with Gasteiger partial charge in [0.05, 0.1) is 6.67 Å². The molecule has 1 N–H and O–H groups in total. The Morgan fingerprint density at radius 2 is 2.36 bits per heavy atom. The monoisotopic (exact) mass is 179 g/mol. The molecule has 1 aliphatic carbocycles. The summed E-state index contributed by atoms with van der Waals surface area (Å²) in [7, 11) is 0. The highest BCUT2D eigenvalue weighted by molar-refractivity contribution is 5.85. The molecule has 2 rings (SSSR count). The number of hydrogen-bond donors (Lipinski definition) is 1. The third kappa shape index (κ3) is 1.27. The number of halogens is 2. The lowest BCUT2D eigenvalue weighted by Crippen LogP contribution is -2.27. The van der Waals surface area contributed by atoms with Crippen molar-refractivity contribution >= 4 is 12.4 Å². The van der Waals surface area contributed by atoms with Crippen LogP contribution in [0.3, 0.4) is 0 Å². The predicted octanol–water partition coefficient (Wildman–Crippen LogP) is 1.77. The van der Waals surface area contributed by atoms with Gasteiger partial charge < -0.3 is 5.32 Å². The van der Waals surface area contributed by atoms with Crippen LogP contribution in [0.15, 0.2) is 0 Å². The van der Waals surface area contributed by atoms with Crippen molar-refractivity contribution in [3.63, 3.8) is 0 Å². The summed E-state index contributed by atoms with van der Waals surface area (Å²) in [5.41, 5.74) is 0.0694. The molecule has 11 heavy (non-hydrogen) atoms. The maximum absolute atomic E-state index is 12.6. The van der Waals surface area contributed by atoms with E-state index in [9.17, 15) is 4.39 Å². The molecule has 0 spiro atoms. The van der Waals surface area contributed by atoms with Crippen molar-refractivity contribution in [3.8, 4) is 0 Å². The van der Waals surface area contributed by atoms with Crippen molar-refractivity contribution in [1.29, 1.82) is 0 Å². The lowest BCUT2D eigenvalue weighted by Gasteiger charge is -2.23. The van der Waals surface area contributed by atoms with Gasteiger partial charge in [-0.25, -0.2) is 0 Å². The van der Waals surface area contributed by atoms with Gasteiger partial charge in [0.15, 0.2) is 0 Å². The molecule has 3 heteroatoms. The summed E-state index contributed by atoms with van der Waals surface area (Å²) in [6.45, 7) is 1.88. The molecule has 2 fully saturated rings. The van der Waals surface area contributed by atoms with Gasteiger partial charge in [0.25, 0.3) is 0 Å². The molecule has 66 valence electrons. The van der Waals surface area contributed by atoms with E-state index >= 15 is 0 Å². The Bertz CT molecular complexity index is 130. The third-order valence-corrected chi connectivity index (χ3v) is 3.23. The summed E-state index contributed by atoms with van der Waals surface area (Å²) < 4.78 is 12.6. The highest BCUT2D eigenvalue weighted by atomic mass is 35.5. The minimum Gasteiger partial charge on any atom is -0.316 e. The van der Waals surface area contributed by atoms with Crippen molar-refractivity contribution in [2.24, 2.45) is 11.3 Å². The van der Waals surface area contributed by atoms with E-state index in [-0.39, 0.29) is 24.5 Å². The second-order valence-electron chi connectivity index (χ2n) is 3.72. The Hall–Kier alpha value is 0.180. The fourth-order valence-electron chi connectivity index (χ4n) is 2.48. The molecule has 1 saturated carbocycles. The Labute approximate surface area is 73.2 Å². The fraction of sp³-hybridized carbons (Fsp3) is 1.00. The average molecular weight is 180 g/mol. The van der Waals surface area contributed by atoms with Gasteiger partial charge in [-0.2, -0.15) is 0 Å². The Morgan fingerprint density at radius 1 is 1.55 bits per heavy atom. The average Bonchev–Trinajstić information content (AvgIpc) is 2.42. The molecule has 2 aliphatic rings. The molecule has 0 aromatic heterocycles. The zero-order valence-electron chi connectivity index (χ0n) is 6.61. The van der Waals surface area contributed by atoms with Crippen LogP contribution in [0.2, 0.25) is 0 Å². The van der Waals surface area contributed by atoms with E-state index in [1.54, 1.807) is 0 Å². The molecule has 1 nitrogen and oxygen atoms in total. The second-order valence-corrected chi connectivity index (χ2v) is 3.72. The zero-order valence-corrected chi connectivity index (χ0v) is 7.42. The lowest BCUT2D eigenvalue weighted by atomic mass is 9.82. The number of nitrogens with one attached hydrogen (secondary N) is 1. The van der Waals surface area contributed by atoms with Crippen LogP contribution in [0.25, 0.3) is 0 Å². The maximum Gasteiger partial charge on any atom is 0.0965 e. The molecular weight excluding hydrogens is 165 g/mol. The van der Waals surface area contributed by atoms with Gasteiger partial charge in [-0.1, -0.05) is 6.42 Å².